The van der Waals surface area contributed by atoms with Crippen LogP contribution in [0.25, 0.3) is 31.6 Å². The van der Waals surface area contributed by atoms with Gasteiger partial charge in [0.15, 0.2) is 0 Å². The summed E-state index contributed by atoms with van der Waals surface area (Å²) in [6.45, 7) is 0. The first-order chi connectivity index (χ1) is 12.7. The number of aromatic carboxylic acids is 1. The predicted molar refractivity (Wildman–Crippen MR) is 104 cm³/mol. The zero-order valence-corrected chi connectivity index (χ0v) is 15.1. The molecule has 0 atom stereocenters. The number of carbonyl (C=O) groups is 1. The number of thiophene rings is 2. The number of nitrogens with zero attached hydrogens (tertiary/aromatic N) is 2. The van der Waals surface area contributed by atoms with Crippen LogP contribution in [0.1, 0.15) is 21.5 Å². The van der Waals surface area contributed by atoms with Crippen molar-refractivity contribution in [2.45, 2.75) is 6.42 Å². The maximum Gasteiger partial charge on any atom is 0.335 e. The SMILES string of the molecule is O=C(O)c1ccnc(-c2cc(-c3cc4c(s3)-c3sccc3C4)ccn2)c1. The fraction of sp³-hybridized carbons (Fsp3) is 0.0500. The van der Waals surface area contributed by atoms with Gasteiger partial charge in [0, 0.05) is 33.4 Å². The van der Waals surface area contributed by atoms with Crippen LogP contribution in [-0.4, -0.2) is 21.0 Å². The quantitative estimate of drug-likeness (QED) is 0.470. The molecule has 6 heteroatoms. The van der Waals surface area contributed by atoms with Gasteiger partial charge in [-0.3, -0.25) is 9.97 Å². The van der Waals surface area contributed by atoms with Gasteiger partial charge in [0.1, 0.15) is 0 Å². The highest BCUT2D eigenvalue weighted by molar-refractivity contribution is 7.23. The summed E-state index contributed by atoms with van der Waals surface area (Å²) in [7, 11) is 0. The summed E-state index contributed by atoms with van der Waals surface area (Å²) in [4.78, 5) is 23.8. The molecule has 0 fully saturated rings. The lowest BCUT2D eigenvalue weighted by atomic mass is 10.1. The van der Waals surface area contributed by atoms with Crippen molar-refractivity contribution >= 4 is 28.6 Å². The number of carboxylic acids is 1. The largest absolute Gasteiger partial charge is 0.478 e. The maximum absolute atomic E-state index is 11.2. The van der Waals surface area contributed by atoms with Crippen molar-refractivity contribution in [3.05, 3.63) is 70.9 Å². The zero-order valence-electron chi connectivity index (χ0n) is 13.5. The monoisotopic (exact) mass is 376 g/mol. The first kappa shape index (κ1) is 15.4. The molecule has 1 aliphatic carbocycles. The summed E-state index contributed by atoms with van der Waals surface area (Å²) >= 11 is 3.60. The number of rotatable bonds is 3. The average molecular weight is 376 g/mol. The van der Waals surface area contributed by atoms with Gasteiger partial charge in [-0.05, 0) is 58.5 Å². The van der Waals surface area contributed by atoms with Crippen LogP contribution in [-0.2, 0) is 6.42 Å². The van der Waals surface area contributed by atoms with Crippen LogP contribution in [0, 0.1) is 0 Å². The molecule has 4 heterocycles. The predicted octanol–water partition coefficient (Wildman–Crippen LogP) is 5.20. The molecule has 126 valence electrons. The maximum atomic E-state index is 11.2. The van der Waals surface area contributed by atoms with Crippen molar-refractivity contribution in [3.63, 3.8) is 0 Å². The van der Waals surface area contributed by atoms with Crippen LogP contribution in [0.4, 0.5) is 0 Å². The highest BCUT2D eigenvalue weighted by Gasteiger charge is 2.23. The van der Waals surface area contributed by atoms with Gasteiger partial charge < -0.3 is 5.11 Å². The standard InChI is InChI=1S/C20H12N2O2S2/c23-20(24)13-2-5-22-16(9-13)15-8-11(1-4-21-15)17-10-14-7-12-3-6-25-18(12)19(14)26-17/h1-6,8-10H,7H2,(H,23,24). The van der Waals surface area contributed by atoms with Gasteiger partial charge in [-0.15, -0.1) is 22.7 Å². The van der Waals surface area contributed by atoms with E-state index < -0.39 is 5.97 Å². The second-order valence-corrected chi connectivity index (χ2v) is 8.05. The Bertz CT molecular complexity index is 1160. The summed E-state index contributed by atoms with van der Waals surface area (Å²) in [5, 5.41) is 11.3. The third-order valence-electron chi connectivity index (χ3n) is 4.46. The van der Waals surface area contributed by atoms with Crippen molar-refractivity contribution in [2.75, 3.05) is 0 Å². The summed E-state index contributed by atoms with van der Waals surface area (Å²) in [6, 6.07) is 11.5. The molecule has 0 unspecified atom stereocenters. The van der Waals surface area contributed by atoms with E-state index in [1.807, 2.05) is 12.1 Å². The molecule has 26 heavy (non-hydrogen) atoms. The van der Waals surface area contributed by atoms with Gasteiger partial charge in [-0.25, -0.2) is 4.79 Å². The van der Waals surface area contributed by atoms with E-state index >= 15 is 0 Å². The minimum atomic E-state index is -0.966. The van der Waals surface area contributed by atoms with Crippen molar-refractivity contribution < 1.29 is 9.90 Å². The van der Waals surface area contributed by atoms with Gasteiger partial charge in [-0.2, -0.15) is 0 Å². The van der Waals surface area contributed by atoms with E-state index in [4.69, 9.17) is 0 Å². The number of hydrogen-bond acceptors (Lipinski definition) is 5. The number of fused-ring (bicyclic) bond motifs is 3. The minimum absolute atomic E-state index is 0.211. The van der Waals surface area contributed by atoms with Gasteiger partial charge in [0.25, 0.3) is 0 Å². The summed E-state index contributed by atoms with van der Waals surface area (Å²) in [5.41, 5.74) is 5.34. The first-order valence-electron chi connectivity index (χ1n) is 8.04. The highest BCUT2D eigenvalue weighted by Crippen LogP contribution is 2.47. The van der Waals surface area contributed by atoms with Crippen LogP contribution in [0.3, 0.4) is 0 Å². The van der Waals surface area contributed by atoms with Crippen LogP contribution in [0.5, 0.6) is 0 Å². The Morgan fingerprint density at radius 2 is 1.77 bits per heavy atom. The van der Waals surface area contributed by atoms with Crippen LogP contribution >= 0.6 is 22.7 Å². The van der Waals surface area contributed by atoms with Crippen LogP contribution in [0.2, 0.25) is 0 Å². The van der Waals surface area contributed by atoms with E-state index in [9.17, 15) is 9.90 Å². The van der Waals surface area contributed by atoms with Gasteiger partial charge in [0.05, 0.1) is 17.0 Å². The summed E-state index contributed by atoms with van der Waals surface area (Å²) < 4.78 is 0. The third kappa shape index (κ3) is 2.46. The Morgan fingerprint density at radius 3 is 2.62 bits per heavy atom. The molecule has 4 aromatic rings. The molecule has 0 saturated carbocycles. The summed E-state index contributed by atoms with van der Waals surface area (Å²) in [6.07, 6.45) is 4.26. The average Bonchev–Trinajstić information content (AvgIpc) is 3.34. The van der Waals surface area contributed by atoms with Crippen molar-refractivity contribution in [1.82, 2.24) is 9.97 Å². The Hall–Kier alpha value is -2.83. The molecule has 5 rings (SSSR count). The minimum Gasteiger partial charge on any atom is -0.478 e. The van der Waals surface area contributed by atoms with Crippen LogP contribution < -0.4 is 0 Å². The normalized spacial score (nSPS) is 12.0. The Morgan fingerprint density at radius 1 is 0.962 bits per heavy atom. The number of hydrogen-bond donors (Lipinski definition) is 1. The van der Waals surface area contributed by atoms with Crippen molar-refractivity contribution in [1.29, 1.82) is 0 Å². The van der Waals surface area contributed by atoms with Crippen molar-refractivity contribution in [3.8, 4) is 31.6 Å². The van der Waals surface area contributed by atoms with E-state index in [2.05, 4.69) is 27.5 Å². The number of carboxylic acid groups (broad SMARTS) is 1. The molecule has 0 aliphatic heterocycles. The van der Waals surface area contributed by atoms with Crippen molar-refractivity contribution in [2.24, 2.45) is 0 Å². The molecule has 1 aliphatic rings. The lowest BCUT2D eigenvalue weighted by Crippen LogP contribution is -1.97. The Kier molecular flexibility index (Phi) is 3.48. The Balaban J connectivity index is 1.55. The molecule has 0 radical (unpaired) electrons. The number of pyridine rings is 2. The molecule has 1 N–H and O–H groups in total. The van der Waals surface area contributed by atoms with Gasteiger partial charge >= 0.3 is 5.97 Å². The molecule has 0 aromatic carbocycles. The second kappa shape index (κ2) is 5.86. The third-order valence-corrected chi connectivity index (χ3v) is 6.80. The molecular formula is C20H12N2O2S2. The summed E-state index contributed by atoms with van der Waals surface area (Å²) in [5.74, 6) is -0.966. The Labute approximate surface area is 157 Å². The first-order valence-corrected chi connectivity index (χ1v) is 9.74. The van der Waals surface area contributed by atoms with E-state index in [1.54, 1.807) is 34.9 Å². The molecule has 0 spiro atoms. The lowest BCUT2D eigenvalue weighted by Gasteiger charge is -2.04. The molecule has 0 saturated heterocycles. The van der Waals surface area contributed by atoms with E-state index in [-0.39, 0.29) is 5.56 Å². The van der Waals surface area contributed by atoms with Crippen LogP contribution in [0.15, 0.2) is 54.2 Å². The molecule has 4 aromatic heterocycles. The molecular weight excluding hydrogens is 364 g/mol. The molecule has 0 bridgehead atoms. The number of aromatic nitrogens is 2. The fourth-order valence-corrected chi connectivity index (χ4v) is 5.52. The lowest BCUT2D eigenvalue weighted by molar-refractivity contribution is 0.0697. The van der Waals surface area contributed by atoms with Gasteiger partial charge in [0.2, 0.25) is 0 Å². The highest BCUT2D eigenvalue weighted by atomic mass is 32.1. The molecule has 0 amide bonds. The smallest absolute Gasteiger partial charge is 0.335 e. The topological polar surface area (TPSA) is 63.1 Å². The van der Waals surface area contributed by atoms with E-state index in [0.717, 1.165) is 12.0 Å². The zero-order chi connectivity index (χ0) is 17.7. The van der Waals surface area contributed by atoms with E-state index in [0.29, 0.717) is 11.4 Å². The molecule has 4 nitrogen and oxygen atoms in total. The van der Waals surface area contributed by atoms with E-state index in [1.165, 1.54) is 38.0 Å². The van der Waals surface area contributed by atoms with Gasteiger partial charge in [-0.1, -0.05) is 0 Å². The second-order valence-electron chi connectivity index (χ2n) is 6.08. The fourth-order valence-electron chi connectivity index (χ4n) is 3.20.